The first-order chi connectivity index (χ1) is 14.9. The van der Waals surface area contributed by atoms with Gasteiger partial charge in [0.25, 0.3) is 0 Å². The van der Waals surface area contributed by atoms with Crippen LogP contribution in [0.25, 0.3) is 22.6 Å². The SMILES string of the molecule is COC(=O)N[C@@H](C)CNc1nccc(-c2[nH]c(C3CC3)nc2-c2cc(N)cc(Cl)c2)n1. The molecule has 4 rings (SSSR count). The number of hydrogen-bond donors (Lipinski definition) is 4. The van der Waals surface area contributed by atoms with Crippen molar-refractivity contribution in [2.75, 3.05) is 24.7 Å². The molecule has 2 aromatic heterocycles. The van der Waals surface area contributed by atoms with Crippen molar-refractivity contribution < 1.29 is 9.53 Å². The minimum atomic E-state index is -0.487. The number of nitrogens with one attached hydrogen (secondary N) is 3. The predicted octanol–water partition coefficient (Wildman–Crippen LogP) is 3.80. The molecule has 10 heteroatoms. The Hall–Kier alpha value is -3.33. The Balaban J connectivity index is 1.62. The van der Waals surface area contributed by atoms with Crippen molar-refractivity contribution in [3.63, 3.8) is 0 Å². The summed E-state index contributed by atoms with van der Waals surface area (Å²) >= 11 is 6.23. The minimum Gasteiger partial charge on any atom is -0.453 e. The van der Waals surface area contributed by atoms with Crippen LogP contribution in [0.1, 0.15) is 31.5 Å². The Bertz CT molecular complexity index is 1080. The van der Waals surface area contributed by atoms with Gasteiger partial charge >= 0.3 is 6.09 Å². The zero-order chi connectivity index (χ0) is 22.0. The van der Waals surface area contributed by atoms with Crippen molar-refractivity contribution in [2.45, 2.75) is 31.7 Å². The second-order valence-corrected chi connectivity index (χ2v) is 8.01. The number of anilines is 2. The number of aromatic nitrogens is 4. The number of nitrogens with two attached hydrogens (primary N) is 1. The highest BCUT2D eigenvalue weighted by Crippen LogP contribution is 2.42. The summed E-state index contributed by atoms with van der Waals surface area (Å²) in [5.74, 6) is 1.82. The van der Waals surface area contributed by atoms with Gasteiger partial charge in [0.1, 0.15) is 5.82 Å². The molecule has 1 aliphatic carbocycles. The predicted molar refractivity (Wildman–Crippen MR) is 120 cm³/mol. The van der Waals surface area contributed by atoms with Crippen LogP contribution in [0.2, 0.25) is 5.02 Å². The average molecular weight is 442 g/mol. The lowest BCUT2D eigenvalue weighted by Gasteiger charge is -2.14. The number of nitrogens with zero attached hydrogens (tertiary/aromatic N) is 3. The number of nitrogen functional groups attached to an aromatic ring is 1. The molecule has 9 nitrogen and oxygen atoms in total. The van der Waals surface area contributed by atoms with Gasteiger partial charge in [-0.25, -0.2) is 19.7 Å². The van der Waals surface area contributed by atoms with Gasteiger partial charge in [-0.2, -0.15) is 0 Å². The van der Waals surface area contributed by atoms with Crippen LogP contribution in [0.3, 0.4) is 0 Å². The molecule has 0 bridgehead atoms. The van der Waals surface area contributed by atoms with Crippen LogP contribution in [-0.4, -0.2) is 45.7 Å². The van der Waals surface area contributed by atoms with Gasteiger partial charge in [-0.05, 0) is 44.0 Å². The van der Waals surface area contributed by atoms with E-state index in [0.717, 1.165) is 35.6 Å². The van der Waals surface area contributed by atoms with Crippen molar-refractivity contribution in [1.82, 2.24) is 25.3 Å². The fourth-order valence-electron chi connectivity index (χ4n) is 3.22. The molecule has 1 amide bonds. The van der Waals surface area contributed by atoms with Gasteiger partial charge in [0.15, 0.2) is 0 Å². The molecule has 0 saturated heterocycles. The summed E-state index contributed by atoms with van der Waals surface area (Å²) in [6.45, 7) is 2.29. The first kappa shape index (κ1) is 20.9. The smallest absolute Gasteiger partial charge is 0.407 e. The summed E-state index contributed by atoms with van der Waals surface area (Å²) in [5.41, 5.74) is 9.63. The molecule has 1 aliphatic rings. The number of carbonyl (C=O) groups is 1. The topological polar surface area (TPSA) is 131 Å². The number of carbonyl (C=O) groups excluding carboxylic acids is 1. The van der Waals surface area contributed by atoms with Crippen LogP contribution >= 0.6 is 11.6 Å². The van der Waals surface area contributed by atoms with Crippen LogP contribution in [0.4, 0.5) is 16.4 Å². The van der Waals surface area contributed by atoms with Gasteiger partial charge in [0.2, 0.25) is 5.95 Å². The standard InChI is InChI=1S/C21H24ClN7O2/c1-11(26-21(30)31-2)10-25-20-24-6-5-16(27-20)18-17(28-19(29-18)12-3-4-12)13-7-14(22)9-15(23)8-13/h5-9,11-12H,3-4,10,23H2,1-2H3,(H,26,30)(H,28,29)(H,24,25,27)/t11-/m0/s1. The number of ether oxygens (including phenoxy) is 1. The van der Waals surface area contributed by atoms with Gasteiger partial charge in [0.05, 0.1) is 24.2 Å². The van der Waals surface area contributed by atoms with Crippen LogP contribution < -0.4 is 16.4 Å². The summed E-state index contributed by atoms with van der Waals surface area (Å²) in [6, 6.07) is 7.05. The van der Waals surface area contributed by atoms with E-state index in [4.69, 9.17) is 22.3 Å². The zero-order valence-electron chi connectivity index (χ0n) is 17.3. The van der Waals surface area contributed by atoms with Crippen molar-refractivity contribution in [3.05, 3.63) is 41.3 Å². The van der Waals surface area contributed by atoms with E-state index < -0.39 is 6.09 Å². The number of alkyl carbamates (subject to hydrolysis) is 1. The van der Waals surface area contributed by atoms with E-state index in [9.17, 15) is 4.79 Å². The molecule has 1 atom stereocenters. The number of halogens is 1. The highest BCUT2D eigenvalue weighted by atomic mass is 35.5. The maximum Gasteiger partial charge on any atom is 0.407 e. The van der Waals surface area contributed by atoms with E-state index in [1.54, 1.807) is 12.3 Å². The van der Waals surface area contributed by atoms with Crippen LogP contribution in [-0.2, 0) is 4.74 Å². The van der Waals surface area contributed by atoms with Gasteiger partial charge in [0, 0.05) is 41.0 Å². The summed E-state index contributed by atoms with van der Waals surface area (Å²) in [7, 11) is 1.33. The van der Waals surface area contributed by atoms with E-state index in [-0.39, 0.29) is 6.04 Å². The lowest BCUT2D eigenvalue weighted by Crippen LogP contribution is -2.37. The highest BCUT2D eigenvalue weighted by molar-refractivity contribution is 6.31. The molecule has 162 valence electrons. The Labute approximate surface area is 184 Å². The number of hydrogen-bond acceptors (Lipinski definition) is 7. The molecule has 1 aromatic carbocycles. The first-order valence-electron chi connectivity index (χ1n) is 10.0. The van der Waals surface area contributed by atoms with E-state index in [1.807, 2.05) is 25.1 Å². The Morgan fingerprint density at radius 1 is 1.35 bits per heavy atom. The Morgan fingerprint density at radius 2 is 2.16 bits per heavy atom. The fraction of sp³-hybridized carbons (Fsp3) is 0.333. The Morgan fingerprint density at radius 3 is 2.87 bits per heavy atom. The third-order valence-corrected chi connectivity index (χ3v) is 5.13. The van der Waals surface area contributed by atoms with E-state index >= 15 is 0 Å². The third kappa shape index (κ3) is 5.05. The highest BCUT2D eigenvalue weighted by Gasteiger charge is 2.29. The second kappa shape index (κ2) is 8.81. The summed E-state index contributed by atoms with van der Waals surface area (Å²) in [5, 5.41) is 6.38. The van der Waals surface area contributed by atoms with Gasteiger partial charge < -0.3 is 26.1 Å². The molecule has 5 N–H and O–H groups in total. The number of amides is 1. The fourth-order valence-corrected chi connectivity index (χ4v) is 3.47. The number of H-pyrrole nitrogens is 1. The zero-order valence-corrected chi connectivity index (χ0v) is 18.0. The second-order valence-electron chi connectivity index (χ2n) is 7.58. The molecule has 0 spiro atoms. The summed E-state index contributed by atoms with van der Waals surface area (Å²) in [4.78, 5) is 28.5. The van der Waals surface area contributed by atoms with Crippen LogP contribution in [0.5, 0.6) is 0 Å². The van der Waals surface area contributed by atoms with Crippen molar-refractivity contribution >= 4 is 29.3 Å². The van der Waals surface area contributed by atoms with Crippen LogP contribution in [0.15, 0.2) is 30.5 Å². The number of aromatic amines is 1. The molecule has 31 heavy (non-hydrogen) atoms. The first-order valence-corrected chi connectivity index (χ1v) is 10.4. The van der Waals surface area contributed by atoms with Gasteiger partial charge in [-0.1, -0.05) is 11.6 Å². The molecular weight excluding hydrogens is 418 g/mol. The minimum absolute atomic E-state index is 0.168. The summed E-state index contributed by atoms with van der Waals surface area (Å²) in [6.07, 6.45) is 3.42. The number of rotatable bonds is 7. The molecule has 3 aromatic rings. The third-order valence-electron chi connectivity index (χ3n) is 4.91. The molecule has 0 unspecified atom stereocenters. The maximum atomic E-state index is 11.3. The molecule has 2 heterocycles. The molecule has 0 aliphatic heterocycles. The normalized spacial score (nSPS) is 14.2. The number of methoxy groups -OCH3 is 1. The largest absolute Gasteiger partial charge is 0.453 e. The lowest BCUT2D eigenvalue weighted by atomic mass is 10.1. The summed E-state index contributed by atoms with van der Waals surface area (Å²) < 4.78 is 4.61. The monoisotopic (exact) mass is 441 g/mol. The average Bonchev–Trinajstić information content (AvgIpc) is 3.50. The van der Waals surface area contributed by atoms with Gasteiger partial charge in [-0.15, -0.1) is 0 Å². The number of imidazole rings is 1. The van der Waals surface area contributed by atoms with Crippen molar-refractivity contribution in [1.29, 1.82) is 0 Å². The van der Waals surface area contributed by atoms with E-state index in [1.165, 1.54) is 7.11 Å². The van der Waals surface area contributed by atoms with Crippen molar-refractivity contribution in [3.8, 4) is 22.6 Å². The molecule has 1 fully saturated rings. The molecule has 0 radical (unpaired) electrons. The number of benzene rings is 1. The van der Waals surface area contributed by atoms with Gasteiger partial charge in [-0.3, -0.25) is 0 Å². The quantitative estimate of drug-likeness (QED) is 0.410. The Kier molecular flexibility index (Phi) is 5.94. The van der Waals surface area contributed by atoms with Crippen molar-refractivity contribution in [2.24, 2.45) is 0 Å². The van der Waals surface area contributed by atoms with Crippen LogP contribution in [0, 0.1) is 0 Å². The van der Waals surface area contributed by atoms with E-state index in [0.29, 0.717) is 34.8 Å². The molecule has 1 saturated carbocycles. The molecular formula is C21H24ClN7O2. The maximum absolute atomic E-state index is 11.3. The van der Waals surface area contributed by atoms with E-state index in [2.05, 4.69) is 30.3 Å². The lowest BCUT2D eigenvalue weighted by molar-refractivity contribution is 0.168.